The number of rotatable bonds is 3. The van der Waals surface area contributed by atoms with Crippen molar-refractivity contribution in [2.75, 3.05) is 0 Å². The van der Waals surface area contributed by atoms with Crippen LogP contribution in [0, 0.1) is 5.92 Å². The summed E-state index contributed by atoms with van der Waals surface area (Å²) >= 11 is 0. The Kier molecular flexibility index (Phi) is 2.66. The monoisotopic (exact) mass is 204 g/mol. The summed E-state index contributed by atoms with van der Waals surface area (Å²) in [5.41, 5.74) is 1.97. The maximum absolute atomic E-state index is 4.39. The Hall–Kier alpha value is -1.45. The summed E-state index contributed by atoms with van der Waals surface area (Å²) in [5.74, 6) is 1.17. The summed E-state index contributed by atoms with van der Waals surface area (Å²) in [6.45, 7) is 6.66. The number of aromatic nitrogens is 4. The molecule has 0 amide bonds. The first-order valence-electron chi connectivity index (χ1n) is 5.32. The fourth-order valence-corrected chi connectivity index (χ4v) is 1.84. The zero-order valence-electron chi connectivity index (χ0n) is 9.38. The van der Waals surface area contributed by atoms with Crippen LogP contribution in [0.5, 0.6) is 0 Å². The molecular weight excluding hydrogens is 188 g/mol. The van der Waals surface area contributed by atoms with Gasteiger partial charge < -0.3 is 0 Å². The molecule has 1 atom stereocenters. The van der Waals surface area contributed by atoms with E-state index in [1.165, 1.54) is 0 Å². The molecule has 0 saturated heterocycles. The van der Waals surface area contributed by atoms with Gasteiger partial charge in [0.1, 0.15) is 12.7 Å². The van der Waals surface area contributed by atoms with E-state index in [-0.39, 0.29) is 0 Å². The van der Waals surface area contributed by atoms with E-state index in [9.17, 15) is 0 Å². The van der Waals surface area contributed by atoms with Gasteiger partial charge in [-0.25, -0.2) is 14.5 Å². The van der Waals surface area contributed by atoms with E-state index in [1.54, 1.807) is 17.2 Å². The van der Waals surface area contributed by atoms with Crippen LogP contribution in [-0.2, 0) is 0 Å². The van der Waals surface area contributed by atoms with Crippen molar-refractivity contribution in [3.05, 3.63) is 24.4 Å². The summed E-state index contributed by atoms with van der Waals surface area (Å²) in [6, 6.07) is 2.01. The average Bonchev–Trinajstić information content (AvgIpc) is 2.62. The van der Waals surface area contributed by atoms with Crippen molar-refractivity contribution in [3.63, 3.8) is 0 Å². The molecular formula is C11H16N4. The van der Waals surface area contributed by atoms with Gasteiger partial charge in [-0.05, 0) is 18.3 Å². The molecule has 4 nitrogen and oxygen atoms in total. The van der Waals surface area contributed by atoms with Crippen LogP contribution < -0.4 is 0 Å². The van der Waals surface area contributed by atoms with Crippen LogP contribution in [0.2, 0.25) is 0 Å². The lowest BCUT2D eigenvalue weighted by atomic mass is 9.96. The Morgan fingerprint density at radius 1 is 1.27 bits per heavy atom. The van der Waals surface area contributed by atoms with Crippen molar-refractivity contribution < 1.29 is 0 Å². The SMILES string of the molecule is CC(C)CC(C)c1cc2ncnn2cn1. The average molecular weight is 204 g/mol. The van der Waals surface area contributed by atoms with Crippen LogP contribution in [0.25, 0.3) is 5.65 Å². The third-order valence-corrected chi connectivity index (χ3v) is 2.52. The number of hydrogen-bond donors (Lipinski definition) is 0. The quantitative estimate of drug-likeness (QED) is 0.770. The molecule has 0 aliphatic rings. The first-order chi connectivity index (χ1) is 7.16. The van der Waals surface area contributed by atoms with E-state index in [0.29, 0.717) is 11.8 Å². The van der Waals surface area contributed by atoms with Gasteiger partial charge in [0, 0.05) is 11.8 Å². The zero-order chi connectivity index (χ0) is 10.8. The molecule has 2 rings (SSSR count). The van der Waals surface area contributed by atoms with Gasteiger partial charge >= 0.3 is 0 Å². The predicted molar refractivity (Wildman–Crippen MR) is 58.7 cm³/mol. The van der Waals surface area contributed by atoms with Gasteiger partial charge in [-0.2, -0.15) is 5.10 Å². The molecule has 80 valence electrons. The minimum Gasteiger partial charge on any atom is -0.241 e. The number of hydrogen-bond acceptors (Lipinski definition) is 3. The van der Waals surface area contributed by atoms with Crippen molar-refractivity contribution >= 4 is 5.65 Å². The molecule has 0 aromatic carbocycles. The molecule has 1 unspecified atom stereocenters. The molecule has 0 bridgehead atoms. The van der Waals surface area contributed by atoms with Crippen LogP contribution in [0.1, 0.15) is 38.8 Å². The molecule has 4 heteroatoms. The second kappa shape index (κ2) is 3.96. The van der Waals surface area contributed by atoms with Gasteiger partial charge in [0.25, 0.3) is 0 Å². The van der Waals surface area contributed by atoms with Gasteiger partial charge in [-0.1, -0.05) is 20.8 Å². The first-order valence-corrected chi connectivity index (χ1v) is 5.32. The van der Waals surface area contributed by atoms with Crippen LogP contribution in [0.3, 0.4) is 0 Å². The topological polar surface area (TPSA) is 43.1 Å². The highest BCUT2D eigenvalue weighted by atomic mass is 15.3. The fourth-order valence-electron chi connectivity index (χ4n) is 1.84. The van der Waals surface area contributed by atoms with E-state index < -0.39 is 0 Å². The predicted octanol–water partition coefficient (Wildman–Crippen LogP) is 2.27. The zero-order valence-corrected chi connectivity index (χ0v) is 9.38. The van der Waals surface area contributed by atoms with E-state index in [1.807, 2.05) is 6.07 Å². The van der Waals surface area contributed by atoms with Crippen molar-refractivity contribution in [2.24, 2.45) is 5.92 Å². The van der Waals surface area contributed by atoms with Crippen LogP contribution in [0.4, 0.5) is 0 Å². The van der Waals surface area contributed by atoms with Crippen molar-refractivity contribution in [1.82, 2.24) is 19.6 Å². The summed E-state index contributed by atoms with van der Waals surface area (Å²) in [4.78, 5) is 8.55. The Morgan fingerprint density at radius 2 is 2.07 bits per heavy atom. The minimum absolute atomic E-state index is 0.478. The minimum atomic E-state index is 0.478. The van der Waals surface area contributed by atoms with Crippen molar-refractivity contribution in [1.29, 1.82) is 0 Å². The summed E-state index contributed by atoms with van der Waals surface area (Å²) in [5, 5.41) is 4.02. The summed E-state index contributed by atoms with van der Waals surface area (Å²) in [6.07, 6.45) is 4.43. The van der Waals surface area contributed by atoms with Gasteiger partial charge in [-0.3, -0.25) is 0 Å². The van der Waals surface area contributed by atoms with E-state index in [0.717, 1.165) is 17.8 Å². The number of fused-ring (bicyclic) bond motifs is 1. The van der Waals surface area contributed by atoms with Crippen molar-refractivity contribution in [2.45, 2.75) is 33.1 Å². The molecule has 2 aromatic heterocycles. The maximum Gasteiger partial charge on any atom is 0.158 e. The Balaban J connectivity index is 2.27. The van der Waals surface area contributed by atoms with Gasteiger partial charge in [-0.15, -0.1) is 0 Å². The Morgan fingerprint density at radius 3 is 2.80 bits per heavy atom. The van der Waals surface area contributed by atoms with Crippen LogP contribution in [0.15, 0.2) is 18.7 Å². The van der Waals surface area contributed by atoms with Crippen molar-refractivity contribution in [3.8, 4) is 0 Å². The smallest absolute Gasteiger partial charge is 0.158 e. The second-order valence-electron chi connectivity index (χ2n) is 4.41. The number of nitrogens with zero attached hydrogens (tertiary/aromatic N) is 4. The Labute approximate surface area is 89.4 Å². The molecule has 0 aliphatic carbocycles. The molecule has 0 radical (unpaired) electrons. The lowest BCUT2D eigenvalue weighted by Gasteiger charge is -2.12. The summed E-state index contributed by atoms with van der Waals surface area (Å²) in [7, 11) is 0. The standard InChI is InChI=1S/C11H16N4/c1-8(2)4-9(3)10-5-11-12-6-14-15(11)7-13-10/h5-9H,4H2,1-3H3. The molecule has 0 saturated carbocycles. The third kappa shape index (κ3) is 2.14. The van der Waals surface area contributed by atoms with Gasteiger partial charge in [0.05, 0.1) is 0 Å². The largest absolute Gasteiger partial charge is 0.241 e. The second-order valence-corrected chi connectivity index (χ2v) is 4.41. The van der Waals surface area contributed by atoms with E-state index in [2.05, 4.69) is 35.8 Å². The van der Waals surface area contributed by atoms with Gasteiger partial charge in [0.15, 0.2) is 5.65 Å². The molecule has 0 aliphatic heterocycles. The summed E-state index contributed by atoms with van der Waals surface area (Å²) < 4.78 is 1.69. The van der Waals surface area contributed by atoms with E-state index >= 15 is 0 Å². The molecule has 15 heavy (non-hydrogen) atoms. The molecule has 0 N–H and O–H groups in total. The molecule has 2 aromatic rings. The highest BCUT2D eigenvalue weighted by molar-refractivity contribution is 5.37. The molecule has 0 fully saturated rings. The van der Waals surface area contributed by atoms with E-state index in [4.69, 9.17) is 0 Å². The third-order valence-electron chi connectivity index (χ3n) is 2.52. The Bertz CT molecular complexity index is 447. The highest BCUT2D eigenvalue weighted by Crippen LogP contribution is 2.21. The normalized spacial score (nSPS) is 13.6. The van der Waals surface area contributed by atoms with Crippen LogP contribution in [-0.4, -0.2) is 19.6 Å². The maximum atomic E-state index is 4.39. The van der Waals surface area contributed by atoms with Crippen LogP contribution >= 0.6 is 0 Å². The molecule has 2 heterocycles. The lowest BCUT2D eigenvalue weighted by Crippen LogP contribution is -2.03. The lowest BCUT2D eigenvalue weighted by molar-refractivity contribution is 0.515. The highest BCUT2D eigenvalue weighted by Gasteiger charge is 2.10. The van der Waals surface area contributed by atoms with Gasteiger partial charge in [0.2, 0.25) is 0 Å². The fraction of sp³-hybridized carbons (Fsp3) is 0.545. The first kappa shape index (κ1) is 10.1. The molecule has 0 spiro atoms.